The molecule has 1 aliphatic heterocycles. The van der Waals surface area contributed by atoms with Gasteiger partial charge in [-0.1, -0.05) is 54.6 Å². The molecule has 1 aliphatic rings. The lowest BCUT2D eigenvalue weighted by molar-refractivity contribution is -0.131. The van der Waals surface area contributed by atoms with Gasteiger partial charge in [0, 0.05) is 36.0 Å². The lowest BCUT2D eigenvalue weighted by Crippen LogP contribution is -2.51. The van der Waals surface area contributed by atoms with Gasteiger partial charge in [0.15, 0.2) is 0 Å². The van der Waals surface area contributed by atoms with Crippen LogP contribution >= 0.6 is 11.6 Å². The first-order chi connectivity index (χ1) is 16.0. The Bertz CT molecular complexity index is 1220. The predicted molar refractivity (Wildman–Crippen MR) is 134 cm³/mol. The molecule has 0 aliphatic carbocycles. The summed E-state index contributed by atoms with van der Waals surface area (Å²) in [4.78, 5) is 17.4. The summed E-state index contributed by atoms with van der Waals surface area (Å²) in [6.07, 6.45) is 2.01. The van der Waals surface area contributed by atoms with Gasteiger partial charge in [0.2, 0.25) is 5.91 Å². The minimum atomic E-state index is -0.0616. The quantitative estimate of drug-likeness (QED) is 0.544. The molecule has 4 rings (SSSR count). The maximum atomic E-state index is 13.2. The number of rotatable bonds is 5. The monoisotopic (exact) mass is 456 g/mol. The van der Waals surface area contributed by atoms with E-state index >= 15 is 0 Å². The Balaban J connectivity index is 1.64. The molecule has 0 spiro atoms. The van der Waals surface area contributed by atoms with Crippen molar-refractivity contribution in [2.24, 2.45) is 0 Å². The van der Waals surface area contributed by atoms with Crippen LogP contribution in [0.25, 0.3) is 6.08 Å². The summed E-state index contributed by atoms with van der Waals surface area (Å²) >= 11 is 6.14. The highest BCUT2D eigenvalue weighted by Gasteiger charge is 2.32. The van der Waals surface area contributed by atoms with Gasteiger partial charge in [0.25, 0.3) is 0 Å². The number of halogens is 1. The standard InChI is InChI=1S/C27H25ClN4O/c1-2-19-15-24(30)11-12-25(19)32-14-13-31(18-26(32)20-7-9-23(28)10-8-20)27(33)16-21-5-3-4-6-22(21)17-29/h2-12,15,26H,1,13-14,16,18,30H2. The van der Waals surface area contributed by atoms with Gasteiger partial charge in [-0.3, -0.25) is 4.79 Å². The summed E-state index contributed by atoms with van der Waals surface area (Å²) in [7, 11) is 0. The van der Waals surface area contributed by atoms with Crippen LogP contribution in [-0.2, 0) is 11.2 Å². The Morgan fingerprint density at radius 2 is 1.91 bits per heavy atom. The summed E-state index contributed by atoms with van der Waals surface area (Å²) in [6, 6.07) is 22.9. The molecule has 166 valence electrons. The van der Waals surface area contributed by atoms with Crippen LogP contribution in [0.3, 0.4) is 0 Å². The summed E-state index contributed by atoms with van der Waals surface area (Å²) in [5.41, 5.74) is 11.0. The number of nitriles is 1. The number of benzene rings is 3. The van der Waals surface area contributed by atoms with E-state index in [1.807, 2.05) is 65.6 Å². The lowest BCUT2D eigenvalue weighted by Gasteiger charge is -2.43. The van der Waals surface area contributed by atoms with Gasteiger partial charge >= 0.3 is 0 Å². The molecule has 3 aromatic carbocycles. The number of piperazine rings is 1. The second-order valence-corrected chi connectivity index (χ2v) is 8.51. The number of amides is 1. The van der Waals surface area contributed by atoms with Gasteiger partial charge < -0.3 is 15.5 Å². The fourth-order valence-electron chi connectivity index (χ4n) is 4.32. The van der Waals surface area contributed by atoms with Crippen molar-refractivity contribution in [2.45, 2.75) is 12.5 Å². The average Bonchev–Trinajstić information content (AvgIpc) is 2.84. The number of hydrogen-bond acceptors (Lipinski definition) is 4. The Hall–Kier alpha value is -3.75. The molecule has 6 heteroatoms. The zero-order chi connectivity index (χ0) is 23.4. The van der Waals surface area contributed by atoms with Gasteiger partial charge in [-0.15, -0.1) is 0 Å². The Morgan fingerprint density at radius 1 is 1.15 bits per heavy atom. The van der Waals surface area contributed by atoms with E-state index < -0.39 is 0 Å². The Kier molecular flexibility index (Phi) is 6.67. The van der Waals surface area contributed by atoms with E-state index in [1.54, 1.807) is 12.1 Å². The van der Waals surface area contributed by atoms with Gasteiger partial charge in [0.05, 0.1) is 24.1 Å². The molecule has 1 amide bonds. The SMILES string of the molecule is C=Cc1cc(N)ccc1N1CCN(C(=O)Cc2ccccc2C#N)CC1c1ccc(Cl)cc1. The number of anilines is 2. The van der Waals surface area contributed by atoms with Gasteiger partial charge in [0.1, 0.15) is 0 Å². The highest BCUT2D eigenvalue weighted by molar-refractivity contribution is 6.30. The van der Waals surface area contributed by atoms with Crippen LogP contribution in [0.1, 0.15) is 28.3 Å². The van der Waals surface area contributed by atoms with Crippen LogP contribution in [0.5, 0.6) is 0 Å². The molecule has 3 aromatic rings. The largest absolute Gasteiger partial charge is 0.399 e. The normalized spacial score (nSPS) is 15.7. The second kappa shape index (κ2) is 9.81. The molecule has 1 atom stereocenters. The van der Waals surface area contributed by atoms with Crippen LogP contribution in [0.4, 0.5) is 11.4 Å². The number of hydrogen-bond donors (Lipinski definition) is 1. The van der Waals surface area contributed by atoms with Crippen LogP contribution in [0.2, 0.25) is 5.02 Å². The Labute approximate surface area is 199 Å². The first-order valence-corrected chi connectivity index (χ1v) is 11.2. The summed E-state index contributed by atoms with van der Waals surface area (Å²) in [5.74, 6) is 0.0116. The molecule has 0 radical (unpaired) electrons. The number of carbonyl (C=O) groups is 1. The van der Waals surface area contributed by atoms with Crippen molar-refractivity contribution >= 4 is 35.0 Å². The van der Waals surface area contributed by atoms with Crippen LogP contribution < -0.4 is 10.6 Å². The third kappa shape index (κ3) is 4.87. The third-order valence-electron chi connectivity index (χ3n) is 6.05. The topological polar surface area (TPSA) is 73.4 Å². The molecule has 2 N–H and O–H groups in total. The molecule has 1 heterocycles. The van der Waals surface area contributed by atoms with E-state index in [1.165, 1.54) is 0 Å². The van der Waals surface area contributed by atoms with E-state index in [9.17, 15) is 10.1 Å². The summed E-state index contributed by atoms with van der Waals surface area (Å²) in [5, 5.41) is 10.0. The van der Waals surface area contributed by atoms with Crippen molar-refractivity contribution in [3.05, 3.63) is 101 Å². The fourth-order valence-corrected chi connectivity index (χ4v) is 4.45. The smallest absolute Gasteiger partial charge is 0.227 e. The van der Waals surface area contributed by atoms with Crippen molar-refractivity contribution in [1.82, 2.24) is 4.90 Å². The highest BCUT2D eigenvalue weighted by Crippen LogP contribution is 2.35. The van der Waals surface area contributed by atoms with Crippen LogP contribution in [-0.4, -0.2) is 30.4 Å². The second-order valence-electron chi connectivity index (χ2n) is 8.07. The molecule has 33 heavy (non-hydrogen) atoms. The number of carbonyl (C=O) groups excluding carboxylic acids is 1. The zero-order valence-corrected chi connectivity index (χ0v) is 19.0. The van der Waals surface area contributed by atoms with Crippen molar-refractivity contribution < 1.29 is 4.79 Å². The molecule has 1 unspecified atom stereocenters. The number of nitrogens with zero attached hydrogens (tertiary/aromatic N) is 3. The first kappa shape index (κ1) is 22.4. The molecule has 0 saturated carbocycles. The molecule has 1 fully saturated rings. The van der Waals surface area contributed by atoms with E-state index in [4.69, 9.17) is 17.3 Å². The number of nitrogen functional groups attached to an aromatic ring is 1. The molecule has 1 saturated heterocycles. The fraction of sp³-hybridized carbons (Fsp3) is 0.185. The van der Waals surface area contributed by atoms with Crippen LogP contribution in [0.15, 0.2) is 73.3 Å². The molecule has 0 bridgehead atoms. The maximum Gasteiger partial charge on any atom is 0.227 e. The highest BCUT2D eigenvalue weighted by atomic mass is 35.5. The predicted octanol–water partition coefficient (Wildman–Crippen LogP) is 5.07. The average molecular weight is 457 g/mol. The van der Waals surface area contributed by atoms with Crippen molar-refractivity contribution in [3.63, 3.8) is 0 Å². The van der Waals surface area contributed by atoms with E-state index in [0.29, 0.717) is 35.9 Å². The third-order valence-corrected chi connectivity index (χ3v) is 6.30. The molecular formula is C27H25ClN4O. The lowest BCUT2D eigenvalue weighted by atomic mass is 9.98. The van der Waals surface area contributed by atoms with Gasteiger partial charge in [-0.2, -0.15) is 5.26 Å². The van der Waals surface area contributed by atoms with E-state index in [2.05, 4.69) is 17.5 Å². The molecule has 0 aromatic heterocycles. The van der Waals surface area contributed by atoms with Crippen molar-refractivity contribution in [3.8, 4) is 6.07 Å². The molecular weight excluding hydrogens is 432 g/mol. The van der Waals surface area contributed by atoms with Crippen molar-refractivity contribution in [2.75, 3.05) is 30.3 Å². The van der Waals surface area contributed by atoms with Crippen LogP contribution in [0, 0.1) is 11.3 Å². The van der Waals surface area contributed by atoms with E-state index in [-0.39, 0.29) is 18.4 Å². The summed E-state index contributed by atoms with van der Waals surface area (Å²) in [6.45, 7) is 5.72. The van der Waals surface area contributed by atoms with Gasteiger partial charge in [-0.05, 0) is 53.1 Å². The zero-order valence-electron chi connectivity index (χ0n) is 18.2. The Morgan fingerprint density at radius 3 is 2.64 bits per heavy atom. The number of nitrogens with two attached hydrogens (primary N) is 1. The van der Waals surface area contributed by atoms with E-state index in [0.717, 1.165) is 22.4 Å². The van der Waals surface area contributed by atoms with Gasteiger partial charge in [-0.25, -0.2) is 0 Å². The molecule has 5 nitrogen and oxygen atoms in total. The maximum absolute atomic E-state index is 13.2. The van der Waals surface area contributed by atoms with Crippen molar-refractivity contribution in [1.29, 1.82) is 5.26 Å². The first-order valence-electron chi connectivity index (χ1n) is 10.8. The minimum Gasteiger partial charge on any atom is -0.399 e. The minimum absolute atomic E-state index is 0.0116. The summed E-state index contributed by atoms with van der Waals surface area (Å²) < 4.78 is 0.